The highest BCUT2D eigenvalue weighted by molar-refractivity contribution is 5.70. The number of benzene rings is 1. The Bertz CT molecular complexity index is 346. The average Bonchev–Trinajstić information content (AvgIpc) is 1.98. The fourth-order valence-electron chi connectivity index (χ4n) is 0.960. The van der Waals surface area contributed by atoms with E-state index in [9.17, 15) is 13.6 Å². The Morgan fingerprint density at radius 2 is 1.80 bits per heavy atom. The van der Waals surface area contributed by atoms with E-state index in [1.54, 1.807) is 13.8 Å². The molecular weight excluding hydrogens is 204 g/mol. The van der Waals surface area contributed by atoms with Crippen molar-refractivity contribution in [3.63, 3.8) is 0 Å². The maximum Gasteiger partial charge on any atom is 0.412 e. The van der Waals surface area contributed by atoms with Crippen molar-refractivity contribution in [1.29, 1.82) is 0 Å². The minimum atomic E-state index is -0.789. The van der Waals surface area contributed by atoms with E-state index in [1.807, 2.05) is 0 Å². The minimum Gasteiger partial charge on any atom is -0.410 e. The molecule has 0 radical (unpaired) electrons. The summed E-state index contributed by atoms with van der Waals surface area (Å²) in [7, 11) is 0. The largest absolute Gasteiger partial charge is 0.412 e. The van der Waals surface area contributed by atoms with Crippen molar-refractivity contribution in [2.45, 2.75) is 19.9 Å². The van der Waals surface area contributed by atoms with Gasteiger partial charge in [-0.1, -0.05) is 0 Å². The Kier molecular flexibility index (Phi) is 3.60. The van der Waals surface area contributed by atoms with Crippen molar-refractivity contribution < 1.29 is 18.3 Å². The second-order valence-corrected chi connectivity index (χ2v) is 3.29. The molecule has 0 fully saturated rings. The van der Waals surface area contributed by atoms with Crippen molar-refractivity contribution in [3.8, 4) is 5.75 Å². The zero-order valence-electron chi connectivity index (χ0n) is 8.38. The molecule has 5 heteroatoms. The summed E-state index contributed by atoms with van der Waals surface area (Å²) in [4.78, 5) is 11.1. The number of rotatable bonds is 2. The van der Waals surface area contributed by atoms with Crippen LogP contribution in [0.2, 0.25) is 0 Å². The summed E-state index contributed by atoms with van der Waals surface area (Å²) in [6, 6.07) is 2.47. The number of hydrogen-bond acceptors (Lipinski definition) is 2. The standard InChI is InChI=1S/C10H11F2NO2/c1-6(2)13-10(14)15-9-4-7(11)3-8(12)5-9/h3-6H,1-2H3,(H,13,14). The summed E-state index contributed by atoms with van der Waals surface area (Å²) in [5.41, 5.74) is 0. The van der Waals surface area contributed by atoms with E-state index < -0.39 is 17.7 Å². The monoisotopic (exact) mass is 215 g/mol. The zero-order chi connectivity index (χ0) is 11.4. The van der Waals surface area contributed by atoms with Crippen LogP contribution >= 0.6 is 0 Å². The van der Waals surface area contributed by atoms with Crippen molar-refractivity contribution in [2.24, 2.45) is 0 Å². The maximum atomic E-state index is 12.7. The highest BCUT2D eigenvalue weighted by Gasteiger charge is 2.07. The molecule has 0 aliphatic carbocycles. The first-order valence-electron chi connectivity index (χ1n) is 4.42. The molecule has 0 saturated heterocycles. The first kappa shape index (κ1) is 11.4. The van der Waals surface area contributed by atoms with Crippen LogP contribution < -0.4 is 10.1 Å². The Morgan fingerprint density at radius 3 is 2.27 bits per heavy atom. The molecular formula is C10H11F2NO2. The van der Waals surface area contributed by atoms with Crippen LogP contribution in [0.1, 0.15) is 13.8 Å². The lowest BCUT2D eigenvalue weighted by Crippen LogP contribution is -2.32. The number of carbonyl (C=O) groups is 1. The Labute approximate surface area is 86.0 Å². The Balaban J connectivity index is 2.68. The molecule has 1 aromatic rings. The summed E-state index contributed by atoms with van der Waals surface area (Å²) in [6.45, 7) is 3.49. The van der Waals surface area contributed by atoms with Crippen LogP contribution in [0.5, 0.6) is 5.75 Å². The molecule has 15 heavy (non-hydrogen) atoms. The molecule has 3 nitrogen and oxygen atoms in total. The molecule has 0 saturated carbocycles. The molecule has 0 aliphatic heterocycles. The van der Waals surface area contributed by atoms with Crippen LogP contribution in [0.15, 0.2) is 18.2 Å². The van der Waals surface area contributed by atoms with Crippen molar-refractivity contribution in [1.82, 2.24) is 5.32 Å². The van der Waals surface area contributed by atoms with Gasteiger partial charge in [0.25, 0.3) is 0 Å². The van der Waals surface area contributed by atoms with Gasteiger partial charge in [0, 0.05) is 24.2 Å². The van der Waals surface area contributed by atoms with Crippen LogP contribution in [0.4, 0.5) is 13.6 Å². The molecule has 0 aromatic heterocycles. The van der Waals surface area contributed by atoms with E-state index in [4.69, 9.17) is 0 Å². The van der Waals surface area contributed by atoms with Crippen LogP contribution in [-0.2, 0) is 0 Å². The molecule has 0 bridgehead atoms. The van der Waals surface area contributed by atoms with Gasteiger partial charge in [-0.25, -0.2) is 13.6 Å². The first-order valence-corrected chi connectivity index (χ1v) is 4.42. The molecule has 1 rings (SSSR count). The molecule has 82 valence electrons. The van der Waals surface area contributed by atoms with Gasteiger partial charge in [-0.2, -0.15) is 0 Å². The van der Waals surface area contributed by atoms with Crippen LogP contribution in [0.3, 0.4) is 0 Å². The topological polar surface area (TPSA) is 38.3 Å². The molecule has 0 spiro atoms. The van der Waals surface area contributed by atoms with Gasteiger partial charge >= 0.3 is 6.09 Å². The minimum absolute atomic E-state index is 0.101. The quantitative estimate of drug-likeness (QED) is 0.822. The third kappa shape index (κ3) is 3.93. The van der Waals surface area contributed by atoms with Crippen molar-refractivity contribution in [3.05, 3.63) is 29.8 Å². The summed E-state index contributed by atoms with van der Waals surface area (Å²) < 4.78 is 30.0. The highest BCUT2D eigenvalue weighted by Crippen LogP contribution is 2.15. The van der Waals surface area contributed by atoms with E-state index in [1.165, 1.54) is 0 Å². The van der Waals surface area contributed by atoms with E-state index in [0.717, 1.165) is 12.1 Å². The normalized spacial score (nSPS) is 10.2. The number of ether oxygens (including phenoxy) is 1. The van der Waals surface area contributed by atoms with Gasteiger partial charge in [0.05, 0.1) is 0 Å². The van der Waals surface area contributed by atoms with Gasteiger partial charge in [-0.3, -0.25) is 0 Å². The fraction of sp³-hybridized carbons (Fsp3) is 0.300. The third-order valence-electron chi connectivity index (χ3n) is 1.45. The summed E-state index contributed by atoms with van der Waals surface area (Å²) >= 11 is 0. The predicted octanol–water partition coefficient (Wildman–Crippen LogP) is 2.46. The van der Waals surface area contributed by atoms with Gasteiger partial charge < -0.3 is 10.1 Å². The molecule has 1 N–H and O–H groups in total. The van der Waals surface area contributed by atoms with Crippen LogP contribution in [0.25, 0.3) is 0 Å². The van der Waals surface area contributed by atoms with E-state index >= 15 is 0 Å². The number of carbonyl (C=O) groups excluding carboxylic acids is 1. The molecule has 1 amide bonds. The predicted molar refractivity (Wildman–Crippen MR) is 50.7 cm³/mol. The van der Waals surface area contributed by atoms with E-state index in [-0.39, 0.29) is 11.8 Å². The van der Waals surface area contributed by atoms with Crippen LogP contribution in [0, 0.1) is 11.6 Å². The number of hydrogen-bond donors (Lipinski definition) is 1. The SMILES string of the molecule is CC(C)NC(=O)Oc1cc(F)cc(F)c1. The van der Waals surface area contributed by atoms with Gasteiger partial charge in [0.2, 0.25) is 0 Å². The van der Waals surface area contributed by atoms with E-state index in [2.05, 4.69) is 10.1 Å². The highest BCUT2D eigenvalue weighted by atomic mass is 19.1. The number of nitrogens with one attached hydrogen (secondary N) is 1. The first-order chi connectivity index (χ1) is 6.97. The number of halogens is 2. The van der Waals surface area contributed by atoms with Gasteiger partial charge in [-0.15, -0.1) is 0 Å². The lowest BCUT2D eigenvalue weighted by molar-refractivity contribution is 0.197. The van der Waals surface area contributed by atoms with Gasteiger partial charge in [0.15, 0.2) is 0 Å². The van der Waals surface area contributed by atoms with Crippen LogP contribution in [-0.4, -0.2) is 12.1 Å². The van der Waals surface area contributed by atoms with E-state index in [0.29, 0.717) is 6.07 Å². The van der Waals surface area contributed by atoms with Crippen molar-refractivity contribution >= 4 is 6.09 Å². The Hall–Kier alpha value is -1.65. The van der Waals surface area contributed by atoms with Crippen molar-refractivity contribution in [2.75, 3.05) is 0 Å². The summed E-state index contributed by atoms with van der Waals surface area (Å²) in [6.07, 6.45) is -0.741. The average molecular weight is 215 g/mol. The third-order valence-corrected chi connectivity index (χ3v) is 1.45. The number of amides is 1. The maximum absolute atomic E-state index is 12.7. The van der Waals surface area contributed by atoms with Gasteiger partial charge in [-0.05, 0) is 13.8 Å². The molecule has 0 heterocycles. The fourth-order valence-corrected chi connectivity index (χ4v) is 0.960. The molecule has 1 aromatic carbocycles. The second kappa shape index (κ2) is 4.72. The summed E-state index contributed by atoms with van der Waals surface area (Å²) in [5.74, 6) is -1.74. The second-order valence-electron chi connectivity index (χ2n) is 3.29. The smallest absolute Gasteiger partial charge is 0.410 e. The lowest BCUT2D eigenvalue weighted by atomic mass is 10.3. The summed E-state index contributed by atoms with van der Waals surface area (Å²) in [5, 5.41) is 2.42. The molecule has 0 atom stereocenters. The molecule has 0 unspecified atom stereocenters. The molecule has 0 aliphatic rings. The zero-order valence-corrected chi connectivity index (χ0v) is 8.38. The lowest BCUT2D eigenvalue weighted by Gasteiger charge is -2.08. The van der Waals surface area contributed by atoms with Gasteiger partial charge in [0.1, 0.15) is 17.4 Å². The Morgan fingerprint density at radius 1 is 1.27 bits per heavy atom.